The zero-order valence-electron chi connectivity index (χ0n) is 17.1. The zero-order valence-corrected chi connectivity index (χ0v) is 17.1. The van der Waals surface area contributed by atoms with Gasteiger partial charge in [-0.05, 0) is 49.0 Å². The highest BCUT2D eigenvalue weighted by Gasteiger charge is 2.69. The van der Waals surface area contributed by atoms with Gasteiger partial charge >= 0.3 is 0 Å². The molecule has 4 aliphatic carbocycles. The number of hydrogen-bond donors (Lipinski definition) is 0. The molecule has 0 bridgehead atoms. The third kappa shape index (κ3) is 2.09. The molecular formula is C23H32O5. The van der Waals surface area contributed by atoms with E-state index in [1.54, 1.807) is 0 Å². The molecule has 0 N–H and O–H groups in total. The largest absolute Gasteiger partial charge is 0.347 e. The quantitative estimate of drug-likeness (QED) is 0.594. The summed E-state index contributed by atoms with van der Waals surface area (Å²) >= 11 is 0. The number of fused-ring (bicyclic) bond motifs is 6. The Labute approximate surface area is 167 Å². The van der Waals surface area contributed by atoms with Gasteiger partial charge < -0.3 is 18.9 Å². The van der Waals surface area contributed by atoms with E-state index in [9.17, 15) is 4.79 Å². The van der Waals surface area contributed by atoms with Gasteiger partial charge in [0.2, 0.25) is 0 Å². The van der Waals surface area contributed by atoms with Crippen LogP contribution in [0.25, 0.3) is 0 Å². The van der Waals surface area contributed by atoms with Crippen LogP contribution in [0.5, 0.6) is 0 Å². The van der Waals surface area contributed by atoms with Gasteiger partial charge in [0.25, 0.3) is 0 Å². The zero-order chi connectivity index (χ0) is 19.2. The molecule has 0 unspecified atom stereocenters. The molecule has 0 aromatic carbocycles. The van der Waals surface area contributed by atoms with Crippen LogP contribution in [0.3, 0.4) is 0 Å². The molecule has 5 nitrogen and oxygen atoms in total. The number of carbonyl (C=O) groups excluding carboxylic acids is 1. The van der Waals surface area contributed by atoms with Crippen LogP contribution in [0.2, 0.25) is 0 Å². The average Bonchev–Trinajstić information content (AvgIpc) is 3.38. The molecule has 28 heavy (non-hydrogen) atoms. The summed E-state index contributed by atoms with van der Waals surface area (Å²) in [4.78, 5) is 13.7. The van der Waals surface area contributed by atoms with Crippen LogP contribution in [-0.2, 0) is 23.7 Å². The third-order valence-corrected chi connectivity index (χ3v) is 9.39. The van der Waals surface area contributed by atoms with Crippen LogP contribution < -0.4 is 0 Å². The van der Waals surface area contributed by atoms with Gasteiger partial charge in [0.05, 0.1) is 26.4 Å². The van der Waals surface area contributed by atoms with Crippen molar-refractivity contribution in [2.75, 3.05) is 26.4 Å². The highest BCUT2D eigenvalue weighted by atomic mass is 16.7. The fourth-order valence-corrected chi connectivity index (χ4v) is 8.08. The summed E-state index contributed by atoms with van der Waals surface area (Å²) in [5.74, 6) is 0.484. The lowest BCUT2D eigenvalue weighted by Crippen LogP contribution is -2.59. The Morgan fingerprint density at radius 1 is 0.929 bits per heavy atom. The first kappa shape index (κ1) is 18.1. The maximum absolute atomic E-state index is 13.7. The van der Waals surface area contributed by atoms with Crippen molar-refractivity contribution in [2.24, 2.45) is 28.6 Å². The predicted octanol–water partition coefficient (Wildman–Crippen LogP) is 3.61. The minimum atomic E-state index is -0.517. The minimum Gasteiger partial charge on any atom is -0.347 e. The van der Waals surface area contributed by atoms with E-state index in [1.807, 2.05) is 0 Å². The van der Waals surface area contributed by atoms with Crippen molar-refractivity contribution < 1.29 is 23.7 Å². The van der Waals surface area contributed by atoms with Crippen molar-refractivity contribution in [2.45, 2.75) is 70.4 Å². The molecule has 2 heterocycles. The summed E-state index contributed by atoms with van der Waals surface area (Å²) < 4.78 is 24.3. The highest BCUT2D eigenvalue weighted by Crippen LogP contribution is 2.68. The van der Waals surface area contributed by atoms with Crippen LogP contribution in [0.15, 0.2) is 11.6 Å². The molecule has 2 saturated heterocycles. The summed E-state index contributed by atoms with van der Waals surface area (Å²) in [6.07, 6.45) is 8.89. The number of Topliss-reactive ketones (excluding diaryl/α,β-unsaturated/α-hetero) is 1. The van der Waals surface area contributed by atoms with Crippen LogP contribution >= 0.6 is 0 Å². The van der Waals surface area contributed by atoms with E-state index in [0.717, 1.165) is 38.5 Å². The Bertz CT molecular complexity index is 731. The summed E-state index contributed by atoms with van der Waals surface area (Å²) in [5, 5.41) is 0. The van der Waals surface area contributed by atoms with E-state index >= 15 is 0 Å². The maximum Gasteiger partial charge on any atom is 0.188 e. The second kappa shape index (κ2) is 5.69. The summed E-state index contributed by atoms with van der Waals surface area (Å²) in [7, 11) is 0. The Hall–Kier alpha value is -0.750. The molecule has 6 rings (SSSR count). The van der Waals surface area contributed by atoms with Gasteiger partial charge in [-0.25, -0.2) is 0 Å². The van der Waals surface area contributed by atoms with E-state index in [2.05, 4.69) is 19.9 Å². The molecule has 0 aromatic heterocycles. The highest BCUT2D eigenvalue weighted by molar-refractivity contribution is 5.85. The summed E-state index contributed by atoms with van der Waals surface area (Å²) in [6, 6.07) is 0. The average molecular weight is 389 g/mol. The van der Waals surface area contributed by atoms with Gasteiger partial charge in [0.15, 0.2) is 11.6 Å². The molecule has 3 saturated carbocycles. The number of ketones is 1. The van der Waals surface area contributed by atoms with Gasteiger partial charge in [0, 0.05) is 30.6 Å². The lowest BCUT2D eigenvalue weighted by molar-refractivity contribution is -0.239. The monoisotopic (exact) mass is 388 g/mol. The molecule has 2 spiro atoms. The maximum atomic E-state index is 13.7. The first-order valence-corrected chi connectivity index (χ1v) is 11.2. The predicted molar refractivity (Wildman–Crippen MR) is 101 cm³/mol. The topological polar surface area (TPSA) is 54.0 Å². The van der Waals surface area contributed by atoms with Crippen LogP contribution in [0, 0.1) is 28.6 Å². The third-order valence-electron chi connectivity index (χ3n) is 9.39. The number of ether oxygens (including phenoxy) is 4. The van der Waals surface area contributed by atoms with E-state index in [1.165, 1.54) is 5.57 Å². The fourth-order valence-electron chi connectivity index (χ4n) is 8.08. The van der Waals surface area contributed by atoms with Crippen molar-refractivity contribution in [1.82, 2.24) is 0 Å². The molecule has 5 fully saturated rings. The van der Waals surface area contributed by atoms with Crippen molar-refractivity contribution in [3.8, 4) is 0 Å². The number of rotatable bonds is 0. The number of carbonyl (C=O) groups is 1. The van der Waals surface area contributed by atoms with Gasteiger partial charge in [0.1, 0.15) is 5.78 Å². The SMILES string of the molecule is C[C@]12CCC3(C=C1CC[C@@H]1[C@@H]2C(=O)C[C@@]2(C)[C@H]1CCC21OCCO1)OCCO3. The Morgan fingerprint density at radius 2 is 1.64 bits per heavy atom. The van der Waals surface area contributed by atoms with Gasteiger partial charge in [-0.15, -0.1) is 0 Å². The Morgan fingerprint density at radius 3 is 2.39 bits per heavy atom. The summed E-state index contributed by atoms with van der Waals surface area (Å²) in [5.41, 5.74) is 1.18. The van der Waals surface area contributed by atoms with Crippen molar-refractivity contribution >= 4 is 5.78 Å². The molecule has 0 aromatic rings. The fraction of sp³-hybridized carbons (Fsp3) is 0.870. The molecule has 5 heteroatoms. The van der Waals surface area contributed by atoms with Crippen molar-refractivity contribution in [3.63, 3.8) is 0 Å². The smallest absolute Gasteiger partial charge is 0.188 e. The number of hydrogen-bond acceptors (Lipinski definition) is 5. The van der Waals surface area contributed by atoms with Gasteiger partial charge in [-0.1, -0.05) is 19.4 Å². The lowest BCUT2D eigenvalue weighted by Gasteiger charge is -2.58. The molecule has 5 atom stereocenters. The van der Waals surface area contributed by atoms with E-state index in [4.69, 9.17) is 18.9 Å². The van der Waals surface area contributed by atoms with Crippen molar-refractivity contribution in [3.05, 3.63) is 11.6 Å². The van der Waals surface area contributed by atoms with Crippen molar-refractivity contribution in [1.29, 1.82) is 0 Å². The van der Waals surface area contributed by atoms with E-state index < -0.39 is 11.6 Å². The van der Waals surface area contributed by atoms with Crippen LogP contribution in [0.4, 0.5) is 0 Å². The summed E-state index contributed by atoms with van der Waals surface area (Å²) in [6.45, 7) is 7.29. The standard InChI is InChI=1S/C23H32O5/c1-20-7-8-22(25-9-10-26-22)13-15(20)3-4-16-17-5-6-23(27-11-12-28-23)21(17,2)14-18(24)19(16)20/h13,16-17,19H,3-12,14H2,1-2H3/t16-,17-,19+,20-,21-/m0/s1. The molecule has 0 radical (unpaired) electrons. The first-order chi connectivity index (χ1) is 13.4. The Kier molecular flexibility index (Phi) is 3.67. The van der Waals surface area contributed by atoms with E-state index in [-0.39, 0.29) is 16.7 Å². The lowest BCUT2D eigenvalue weighted by atomic mass is 9.46. The normalized spacial score (nSPS) is 48.4. The molecule has 154 valence electrons. The van der Waals surface area contributed by atoms with E-state index in [0.29, 0.717) is 50.5 Å². The van der Waals surface area contributed by atoms with Crippen LogP contribution in [-0.4, -0.2) is 43.8 Å². The molecule has 0 amide bonds. The minimum absolute atomic E-state index is 0.0466. The second-order valence-corrected chi connectivity index (χ2v) is 10.4. The second-order valence-electron chi connectivity index (χ2n) is 10.4. The number of allylic oxidation sites excluding steroid dienone is 1. The Balaban J connectivity index is 1.37. The molecule has 6 aliphatic rings. The van der Waals surface area contributed by atoms with Gasteiger partial charge in [-0.3, -0.25) is 4.79 Å². The molecule has 2 aliphatic heterocycles. The van der Waals surface area contributed by atoms with Gasteiger partial charge in [-0.2, -0.15) is 0 Å². The first-order valence-electron chi connectivity index (χ1n) is 11.2. The molecular weight excluding hydrogens is 356 g/mol. The van der Waals surface area contributed by atoms with Crippen LogP contribution in [0.1, 0.15) is 58.8 Å².